The fourth-order valence-corrected chi connectivity index (χ4v) is 16.5. The molecule has 0 aromatic rings. The number of amides is 2. The molecule has 2 amide bonds. The summed E-state index contributed by atoms with van der Waals surface area (Å²) in [6.07, 6.45) is -117. The quantitative estimate of drug-likeness (QED) is 0.0290. The van der Waals surface area contributed by atoms with Crippen molar-refractivity contribution in [3.8, 4) is 0 Å². The van der Waals surface area contributed by atoms with E-state index in [1.54, 1.807) is 0 Å². The molecule has 11 heterocycles. The van der Waals surface area contributed by atoms with E-state index < -0.39 is 422 Å². The number of rotatable bonds is 33. The molecule has 0 bridgehead atoms. The van der Waals surface area contributed by atoms with Crippen molar-refractivity contribution >= 4 is 11.8 Å². The molecule has 744 valence electrons. The zero-order valence-corrected chi connectivity index (χ0v) is 67.7. The molecule has 0 aromatic carbocycles. The lowest BCUT2D eigenvalue weighted by Gasteiger charge is -2.51. The van der Waals surface area contributed by atoms with Gasteiger partial charge in [0.2, 0.25) is 11.8 Å². The molecule has 11 fully saturated rings. The van der Waals surface area contributed by atoms with Gasteiger partial charge >= 0.3 is 0 Å². The van der Waals surface area contributed by atoms with E-state index in [9.17, 15) is 178 Å². The Labute approximate surface area is 722 Å². The third kappa shape index (κ3) is 22.5. The van der Waals surface area contributed by atoms with Crippen molar-refractivity contribution in [1.82, 2.24) is 10.6 Å². The molecule has 0 spiro atoms. The van der Waals surface area contributed by atoms with Crippen LogP contribution in [-0.2, 0) is 109 Å². The largest absolute Gasteiger partial charge is 0.394 e. The molecule has 58 heteroatoms. The van der Waals surface area contributed by atoms with Gasteiger partial charge in [-0.15, -0.1) is 0 Å². The van der Waals surface area contributed by atoms with Crippen LogP contribution in [0.3, 0.4) is 0 Å². The van der Waals surface area contributed by atoms with Gasteiger partial charge in [-0.25, -0.2) is 0 Å². The van der Waals surface area contributed by atoms with E-state index in [1.165, 1.54) is 0 Å². The maximum absolute atomic E-state index is 13.1. The maximum atomic E-state index is 13.1. The molecule has 11 aliphatic heterocycles. The van der Waals surface area contributed by atoms with Crippen molar-refractivity contribution in [1.29, 1.82) is 0 Å². The lowest BCUT2D eigenvalue weighted by molar-refractivity contribution is -0.408. The van der Waals surface area contributed by atoms with Gasteiger partial charge in [0.15, 0.2) is 69.2 Å². The molecule has 128 heavy (non-hydrogen) atoms. The predicted octanol–water partition coefficient (Wildman–Crippen LogP) is -24.7. The van der Waals surface area contributed by atoms with Gasteiger partial charge in [-0.05, 0) is 0 Å². The molecule has 0 aliphatic carbocycles. The minimum absolute atomic E-state index is 0.824. The van der Waals surface area contributed by atoms with Gasteiger partial charge in [0.25, 0.3) is 0 Å². The van der Waals surface area contributed by atoms with Gasteiger partial charge < -0.3 is 279 Å². The number of nitrogens with one attached hydrogen (secondary N) is 2. The highest BCUT2D eigenvalue weighted by Crippen LogP contribution is 2.42. The van der Waals surface area contributed by atoms with Crippen molar-refractivity contribution in [3.05, 3.63) is 0 Å². The molecule has 0 aromatic heterocycles. The molecule has 0 radical (unpaired) electrons. The van der Waals surface area contributed by atoms with E-state index in [2.05, 4.69) is 10.6 Å². The van der Waals surface area contributed by atoms with E-state index in [1.807, 2.05) is 0 Å². The van der Waals surface area contributed by atoms with Gasteiger partial charge in [0.1, 0.15) is 268 Å². The molecular weight excluding hydrogens is 1760 g/mol. The monoisotopic (exact) mass is 1880 g/mol. The average molecular weight is 1880 g/mol. The summed E-state index contributed by atoms with van der Waals surface area (Å²) in [5.74, 6) is -1.82. The molecule has 11 aliphatic rings. The number of hydrogen-bond donors (Lipinski definition) is 35. The molecule has 55 atom stereocenters. The average Bonchev–Trinajstić information content (AvgIpc) is 0.767. The SMILES string of the molecule is CC(=O)N[C@@H]1[C@H](O[C@H]2[C@@H](O)[C@H](NC(C)=O)C(O)O[C@@H]2CO)O[C@H](CO)[C@@H](OC2O[C@H](CO[C@@H]3O[C@@H](CO[C@@H]4O[C@@H](CO)[C@H](O)[C@H](O)[C@@H]4O[C@@H]4O[C@@H](CO)[C@H](O)[C@H](O)[C@@H]4O)[C@H](O)[C@H](O[C@@H]4O[C@@H](CO)[C@H](O)[C@H](O)[C@@H]4O[C@@H]4O[C@@H](CO)[C@H](O)[C@H](O)[C@@H]4O)[C@@H]3O)[C@@H](O)[C@H](O[C@H]3O[C@H](CO)[C@@H](O)[C@@H](O)[C@@H]3O[C@@H]3O[C@@H](CO)[C@H](O)[C@H](O)[C@@H]3O[C@@H]3O[C@@H](CO)[C@H](O)C(O)[C@@H]3O)[C@H]2O)[C@H]1O. The first-order valence-corrected chi connectivity index (χ1v) is 40.7. The van der Waals surface area contributed by atoms with E-state index >= 15 is 0 Å². The number of aliphatic hydroxyl groups excluding tert-OH is 33. The van der Waals surface area contributed by atoms with Gasteiger partial charge in [0, 0.05) is 13.8 Å². The Kier molecular flexibility index (Phi) is 37.7. The highest BCUT2D eigenvalue weighted by Gasteiger charge is 2.62. The first kappa shape index (κ1) is 105. The summed E-state index contributed by atoms with van der Waals surface area (Å²) in [6.45, 7) is -10.9. The predicted molar refractivity (Wildman–Crippen MR) is 386 cm³/mol. The second kappa shape index (κ2) is 45.8. The highest BCUT2D eigenvalue weighted by molar-refractivity contribution is 5.73. The van der Waals surface area contributed by atoms with Crippen molar-refractivity contribution in [2.24, 2.45) is 0 Å². The minimum Gasteiger partial charge on any atom is -0.394 e. The second-order valence-corrected chi connectivity index (χ2v) is 32.3. The summed E-state index contributed by atoms with van der Waals surface area (Å²) in [5, 5.41) is 372. The van der Waals surface area contributed by atoms with Crippen molar-refractivity contribution in [2.45, 2.75) is 351 Å². The van der Waals surface area contributed by atoms with Gasteiger partial charge in [-0.3, -0.25) is 9.59 Å². The first-order chi connectivity index (χ1) is 60.7. The summed E-state index contributed by atoms with van der Waals surface area (Å²) in [5.41, 5.74) is 0. The molecular formula is C70H118N2O56. The molecule has 3 unspecified atom stereocenters. The van der Waals surface area contributed by atoms with Crippen LogP contribution in [0.4, 0.5) is 0 Å². The van der Waals surface area contributed by atoms with E-state index in [4.69, 9.17) is 99.5 Å². The van der Waals surface area contributed by atoms with Crippen LogP contribution in [0.1, 0.15) is 13.8 Å². The smallest absolute Gasteiger partial charge is 0.217 e. The van der Waals surface area contributed by atoms with Gasteiger partial charge in [0.05, 0.1) is 72.7 Å². The van der Waals surface area contributed by atoms with Gasteiger partial charge in [-0.2, -0.15) is 0 Å². The van der Waals surface area contributed by atoms with Crippen LogP contribution in [0.2, 0.25) is 0 Å². The maximum Gasteiger partial charge on any atom is 0.217 e. The number of hydrogen-bond acceptors (Lipinski definition) is 56. The van der Waals surface area contributed by atoms with Crippen LogP contribution < -0.4 is 10.6 Å². The zero-order chi connectivity index (χ0) is 94.0. The Morgan fingerprint density at radius 2 is 0.430 bits per heavy atom. The molecule has 58 nitrogen and oxygen atoms in total. The fraction of sp³-hybridized carbons (Fsp3) is 0.971. The summed E-state index contributed by atoms with van der Waals surface area (Å²) >= 11 is 0. The highest BCUT2D eigenvalue weighted by atomic mass is 16.8. The van der Waals surface area contributed by atoms with Crippen LogP contribution in [0.5, 0.6) is 0 Å². The Balaban J connectivity index is 0.961. The van der Waals surface area contributed by atoms with E-state index in [-0.39, 0.29) is 0 Å². The summed E-state index contributed by atoms with van der Waals surface area (Å²) < 4.78 is 124. The Morgan fingerprint density at radius 1 is 0.203 bits per heavy atom. The van der Waals surface area contributed by atoms with E-state index in [0.717, 1.165) is 13.8 Å². The number of carbonyl (C=O) groups excluding carboxylic acids is 2. The molecule has 0 saturated carbocycles. The number of carbonyl (C=O) groups is 2. The van der Waals surface area contributed by atoms with Crippen LogP contribution in [0.15, 0.2) is 0 Å². The minimum atomic E-state index is -2.69. The molecule has 11 saturated heterocycles. The lowest BCUT2D eigenvalue weighted by atomic mass is 9.94. The third-order valence-electron chi connectivity index (χ3n) is 23.8. The Bertz CT molecular complexity index is 3380. The van der Waals surface area contributed by atoms with E-state index in [0.29, 0.717) is 0 Å². The second-order valence-electron chi connectivity index (χ2n) is 32.3. The standard InChI is InChI=1S/C70H118N2O56/c1-14(82)71-27-38(93)52(23(10-80)110-60(27)107)121-61-28(72-15(2)83)39(94)53(24(11-81)118-61)122-66-51(106)55(124-69-59(46(101)35(90)21(8-78)116-69)128-70-58(45(100)34(89)22(9-79)117-70)127-65-49(104)42(97)31(86)18(5-75)113-65)37(92)26(120-66)12-108-62-50(105)54(123-68-57(44(99)33(88)20(7-77)115-68)126-64-48(103)41(96)30(85)17(4-74)112-64)36(91)25(119-62)13-109-67-56(43(98)32(87)19(6-76)114-67)125-63-47(102)40(95)29(84)16(3-73)111-63/h16-70,73-81,84-107H,3-13H2,1-2H3,(H,71,82)(H,72,83)/t16-,17-,18-,19-,20-,21+,22-,23+,24+,25-,26+,27-,28-,29-,30-,31-,32-,33-,34-,35+,36-,37+,38-,39-,40-,41-,42?,43-,44-,45-,46+,47-,48-,49-,50-,51+,52+,53+,54-,55-,56-,57-,58-,59-,60?,61-,62+,63-,64-,65-,66?,67+,68-,69+,70-/m0/s1. The van der Waals surface area contributed by atoms with Crippen molar-refractivity contribution < 1.29 is 278 Å². The normalized spacial score (nSPS) is 51.7. The van der Waals surface area contributed by atoms with Crippen LogP contribution in [0.25, 0.3) is 0 Å². The van der Waals surface area contributed by atoms with Crippen LogP contribution in [-0.4, -0.2) is 591 Å². The third-order valence-corrected chi connectivity index (χ3v) is 23.8. The topological polar surface area (TPSA) is 920 Å². The molecule has 35 N–H and O–H groups in total. The summed E-state index contributed by atoms with van der Waals surface area (Å²) in [4.78, 5) is 25.4. The van der Waals surface area contributed by atoms with Crippen LogP contribution in [0, 0.1) is 0 Å². The number of aliphatic hydroxyl groups is 33. The Hall–Kier alpha value is -3.22. The van der Waals surface area contributed by atoms with Crippen LogP contribution >= 0.6 is 0 Å². The van der Waals surface area contributed by atoms with Crippen molar-refractivity contribution in [2.75, 3.05) is 72.7 Å². The fourth-order valence-electron chi connectivity index (χ4n) is 16.5. The molecule has 11 rings (SSSR count). The summed E-state index contributed by atoms with van der Waals surface area (Å²) in [6, 6.07) is -3.71. The lowest BCUT2D eigenvalue weighted by Crippen LogP contribution is -2.70. The first-order valence-electron chi connectivity index (χ1n) is 40.7. The number of ether oxygens (including phenoxy) is 21. The Morgan fingerprint density at radius 3 is 0.773 bits per heavy atom. The van der Waals surface area contributed by atoms with Crippen molar-refractivity contribution in [3.63, 3.8) is 0 Å². The summed E-state index contributed by atoms with van der Waals surface area (Å²) in [7, 11) is 0. The van der Waals surface area contributed by atoms with Gasteiger partial charge in [-0.1, -0.05) is 0 Å². The zero-order valence-electron chi connectivity index (χ0n) is 67.7.